The lowest BCUT2D eigenvalue weighted by Gasteiger charge is -2.41. The van der Waals surface area contributed by atoms with Gasteiger partial charge in [-0.05, 0) is 62.4 Å². The molecule has 0 aromatic heterocycles. The molecule has 1 unspecified atom stereocenters. The molecule has 1 aliphatic carbocycles. The summed E-state index contributed by atoms with van der Waals surface area (Å²) < 4.78 is 0. The first-order valence-corrected chi connectivity index (χ1v) is 8.85. The second-order valence-electron chi connectivity index (χ2n) is 8.52. The Hall–Kier alpha value is -0.0800. The van der Waals surface area contributed by atoms with Crippen LogP contribution in [0.4, 0.5) is 0 Å². The Morgan fingerprint density at radius 2 is 1.70 bits per heavy atom. The van der Waals surface area contributed by atoms with Crippen LogP contribution in [-0.4, -0.2) is 36.6 Å². The summed E-state index contributed by atoms with van der Waals surface area (Å²) >= 11 is 0. The van der Waals surface area contributed by atoms with E-state index in [1.54, 1.807) is 0 Å². The van der Waals surface area contributed by atoms with Gasteiger partial charge in [0, 0.05) is 18.6 Å². The minimum atomic E-state index is 0.506. The molecule has 1 saturated heterocycles. The van der Waals surface area contributed by atoms with Crippen molar-refractivity contribution in [2.75, 3.05) is 19.6 Å². The summed E-state index contributed by atoms with van der Waals surface area (Å²) in [7, 11) is 0. The van der Waals surface area contributed by atoms with Crippen molar-refractivity contribution >= 4 is 0 Å². The van der Waals surface area contributed by atoms with Gasteiger partial charge in [0.1, 0.15) is 0 Å². The van der Waals surface area contributed by atoms with Crippen LogP contribution in [-0.2, 0) is 0 Å². The van der Waals surface area contributed by atoms with Crippen molar-refractivity contribution in [1.82, 2.24) is 10.2 Å². The van der Waals surface area contributed by atoms with Crippen molar-refractivity contribution in [3.05, 3.63) is 0 Å². The first-order chi connectivity index (χ1) is 9.38. The van der Waals surface area contributed by atoms with E-state index in [-0.39, 0.29) is 0 Å². The summed E-state index contributed by atoms with van der Waals surface area (Å²) in [5, 5.41) is 3.74. The van der Waals surface area contributed by atoms with E-state index < -0.39 is 0 Å². The average Bonchev–Trinajstić information content (AvgIpc) is 2.63. The fourth-order valence-corrected chi connectivity index (χ4v) is 4.06. The summed E-state index contributed by atoms with van der Waals surface area (Å²) in [4.78, 5) is 2.81. The molecule has 2 nitrogen and oxygen atoms in total. The fraction of sp³-hybridized carbons (Fsp3) is 1.00. The summed E-state index contributed by atoms with van der Waals surface area (Å²) in [6, 6.07) is 1.55. The molecule has 2 heteroatoms. The Balaban J connectivity index is 1.88. The fourth-order valence-electron chi connectivity index (χ4n) is 4.06. The van der Waals surface area contributed by atoms with Crippen LogP contribution >= 0.6 is 0 Å². The molecule has 0 radical (unpaired) electrons. The molecule has 1 N–H and O–H groups in total. The summed E-state index contributed by atoms with van der Waals surface area (Å²) in [6.45, 7) is 15.8. The van der Waals surface area contributed by atoms with Crippen molar-refractivity contribution in [1.29, 1.82) is 0 Å². The molecule has 0 aromatic carbocycles. The van der Waals surface area contributed by atoms with Crippen LogP contribution in [0, 0.1) is 17.3 Å². The quantitative estimate of drug-likeness (QED) is 0.825. The molecule has 20 heavy (non-hydrogen) atoms. The summed E-state index contributed by atoms with van der Waals surface area (Å²) in [5.74, 6) is 1.69. The predicted octanol–water partition coefficient (Wildman–Crippen LogP) is 3.91. The molecular formula is C18H36N2. The number of hydrogen-bond donors (Lipinski definition) is 1. The highest BCUT2D eigenvalue weighted by atomic mass is 15.2. The molecular weight excluding hydrogens is 244 g/mol. The Morgan fingerprint density at radius 3 is 2.25 bits per heavy atom. The van der Waals surface area contributed by atoms with Gasteiger partial charge in [-0.25, -0.2) is 0 Å². The monoisotopic (exact) mass is 280 g/mol. The number of rotatable bonds is 2. The van der Waals surface area contributed by atoms with Crippen LogP contribution in [0.3, 0.4) is 0 Å². The topological polar surface area (TPSA) is 15.3 Å². The maximum atomic E-state index is 3.74. The number of nitrogens with zero attached hydrogens (tertiary/aromatic N) is 1. The van der Waals surface area contributed by atoms with E-state index in [9.17, 15) is 0 Å². The largest absolute Gasteiger partial charge is 0.312 e. The SMILES string of the molecule is CC(C)C1CN(C2CCC(C(C)(C)C)CC2)CCCN1. The second kappa shape index (κ2) is 6.79. The molecule has 2 rings (SSSR count). The predicted molar refractivity (Wildman–Crippen MR) is 88.0 cm³/mol. The number of nitrogens with one attached hydrogen (secondary N) is 1. The van der Waals surface area contributed by atoms with Crippen LogP contribution in [0.5, 0.6) is 0 Å². The lowest BCUT2D eigenvalue weighted by molar-refractivity contribution is 0.0911. The zero-order chi connectivity index (χ0) is 14.8. The highest BCUT2D eigenvalue weighted by Crippen LogP contribution is 2.39. The number of hydrogen-bond acceptors (Lipinski definition) is 2. The minimum absolute atomic E-state index is 0.506. The molecule has 1 heterocycles. The molecule has 1 saturated carbocycles. The van der Waals surface area contributed by atoms with Crippen molar-refractivity contribution < 1.29 is 0 Å². The Labute approximate surface area is 126 Å². The van der Waals surface area contributed by atoms with Crippen molar-refractivity contribution in [3.63, 3.8) is 0 Å². The highest BCUT2D eigenvalue weighted by molar-refractivity contribution is 4.88. The van der Waals surface area contributed by atoms with Crippen molar-refractivity contribution in [2.45, 2.75) is 78.8 Å². The smallest absolute Gasteiger partial charge is 0.0218 e. The maximum Gasteiger partial charge on any atom is 0.0218 e. The second-order valence-corrected chi connectivity index (χ2v) is 8.52. The van der Waals surface area contributed by atoms with Gasteiger partial charge in [0.2, 0.25) is 0 Å². The van der Waals surface area contributed by atoms with E-state index >= 15 is 0 Å². The normalized spacial score (nSPS) is 34.2. The van der Waals surface area contributed by atoms with E-state index in [1.165, 1.54) is 51.7 Å². The third-order valence-electron chi connectivity index (χ3n) is 5.70. The molecule has 0 bridgehead atoms. The zero-order valence-corrected chi connectivity index (χ0v) is 14.4. The standard InChI is InChI=1S/C18H36N2/c1-14(2)17-13-20(12-6-11-19-17)16-9-7-15(8-10-16)18(3,4)5/h14-17,19H,6-13H2,1-5H3. The maximum absolute atomic E-state index is 3.74. The third-order valence-corrected chi connectivity index (χ3v) is 5.70. The Bertz CT molecular complexity index is 284. The molecule has 1 atom stereocenters. The molecule has 1 aliphatic heterocycles. The van der Waals surface area contributed by atoms with E-state index in [0.717, 1.165) is 17.9 Å². The third kappa shape index (κ3) is 4.21. The molecule has 2 aliphatic rings. The lowest BCUT2D eigenvalue weighted by Crippen LogP contribution is -2.46. The van der Waals surface area contributed by atoms with Gasteiger partial charge in [0.25, 0.3) is 0 Å². The van der Waals surface area contributed by atoms with Crippen LogP contribution < -0.4 is 5.32 Å². The van der Waals surface area contributed by atoms with Gasteiger partial charge in [-0.3, -0.25) is 4.90 Å². The van der Waals surface area contributed by atoms with Gasteiger partial charge in [-0.1, -0.05) is 34.6 Å². The van der Waals surface area contributed by atoms with E-state index in [2.05, 4.69) is 44.8 Å². The van der Waals surface area contributed by atoms with E-state index in [1.807, 2.05) is 0 Å². The van der Waals surface area contributed by atoms with Gasteiger partial charge >= 0.3 is 0 Å². The Morgan fingerprint density at radius 1 is 1.05 bits per heavy atom. The first-order valence-electron chi connectivity index (χ1n) is 8.85. The molecule has 0 amide bonds. The summed E-state index contributed by atoms with van der Waals surface area (Å²) in [6.07, 6.45) is 7.04. The highest BCUT2D eigenvalue weighted by Gasteiger charge is 2.33. The van der Waals surface area contributed by atoms with Crippen LogP contribution in [0.25, 0.3) is 0 Å². The first kappa shape index (κ1) is 16.3. The zero-order valence-electron chi connectivity index (χ0n) is 14.4. The average molecular weight is 280 g/mol. The van der Waals surface area contributed by atoms with Crippen LogP contribution in [0.2, 0.25) is 0 Å². The van der Waals surface area contributed by atoms with E-state index in [4.69, 9.17) is 0 Å². The van der Waals surface area contributed by atoms with Crippen molar-refractivity contribution in [2.24, 2.45) is 17.3 Å². The lowest BCUT2D eigenvalue weighted by atomic mass is 9.71. The van der Waals surface area contributed by atoms with Gasteiger partial charge in [0.15, 0.2) is 0 Å². The van der Waals surface area contributed by atoms with Gasteiger partial charge < -0.3 is 5.32 Å². The van der Waals surface area contributed by atoms with Gasteiger partial charge in [-0.2, -0.15) is 0 Å². The Kier molecular flexibility index (Phi) is 5.53. The summed E-state index contributed by atoms with van der Waals surface area (Å²) in [5.41, 5.74) is 0.506. The van der Waals surface area contributed by atoms with Crippen molar-refractivity contribution in [3.8, 4) is 0 Å². The van der Waals surface area contributed by atoms with Crippen LogP contribution in [0.15, 0.2) is 0 Å². The molecule has 118 valence electrons. The van der Waals surface area contributed by atoms with Crippen LogP contribution in [0.1, 0.15) is 66.7 Å². The minimum Gasteiger partial charge on any atom is -0.312 e. The molecule has 2 fully saturated rings. The van der Waals surface area contributed by atoms with E-state index in [0.29, 0.717) is 11.5 Å². The van der Waals surface area contributed by atoms with Gasteiger partial charge in [0.05, 0.1) is 0 Å². The molecule has 0 aromatic rings. The molecule has 0 spiro atoms. The van der Waals surface area contributed by atoms with Gasteiger partial charge in [-0.15, -0.1) is 0 Å².